The number of benzene rings is 2. The van der Waals surface area contributed by atoms with Gasteiger partial charge in [0, 0.05) is 53.0 Å². The average Bonchev–Trinajstić information content (AvgIpc) is 3.59. The van der Waals surface area contributed by atoms with Gasteiger partial charge < -0.3 is 10.1 Å². The number of nitrogens with one attached hydrogen (secondary N) is 2. The maximum absolute atomic E-state index is 12.7. The van der Waals surface area contributed by atoms with Gasteiger partial charge in [-0.05, 0) is 36.1 Å². The van der Waals surface area contributed by atoms with E-state index in [-0.39, 0.29) is 6.61 Å². The van der Waals surface area contributed by atoms with Gasteiger partial charge in [-0.15, -0.1) is 0 Å². The van der Waals surface area contributed by atoms with Gasteiger partial charge in [-0.2, -0.15) is 18.3 Å². The van der Waals surface area contributed by atoms with Crippen molar-refractivity contribution in [3.63, 3.8) is 0 Å². The predicted molar refractivity (Wildman–Crippen MR) is 162 cm³/mol. The average molecular weight is 600 g/mol. The molecule has 5 aromatic rings. The lowest BCUT2D eigenvalue weighted by Gasteiger charge is -2.37. The van der Waals surface area contributed by atoms with Crippen LogP contribution in [0, 0.1) is 5.41 Å². The van der Waals surface area contributed by atoms with E-state index in [0.29, 0.717) is 13.1 Å². The molecule has 6 rings (SSSR count). The second-order valence-electron chi connectivity index (χ2n) is 11.4. The molecule has 0 bridgehead atoms. The molecular weight excluding hydrogens is 567 g/mol. The van der Waals surface area contributed by atoms with Crippen LogP contribution in [0.5, 0.6) is 0 Å². The molecule has 226 valence electrons. The first-order chi connectivity index (χ1) is 21.3. The highest BCUT2D eigenvalue weighted by Crippen LogP contribution is 2.38. The zero-order chi connectivity index (χ0) is 30.6. The van der Waals surface area contributed by atoms with Crippen LogP contribution < -0.4 is 5.32 Å². The molecule has 0 aliphatic heterocycles. The third-order valence-corrected chi connectivity index (χ3v) is 8.31. The molecule has 1 saturated carbocycles. The Morgan fingerprint density at radius 3 is 2.41 bits per heavy atom. The number of ether oxygens (including phenoxy) is 1. The Balaban J connectivity index is 1.23. The Kier molecular flexibility index (Phi) is 8.43. The van der Waals surface area contributed by atoms with E-state index in [0.717, 1.165) is 82.2 Å². The van der Waals surface area contributed by atoms with Crippen LogP contribution in [0.15, 0.2) is 85.3 Å². The molecule has 10 heteroatoms. The summed E-state index contributed by atoms with van der Waals surface area (Å²) >= 11 is 0. The normalized spacial score (nSPS) is 14.9. The van der Waals surface area contributed by atoms with E-state index < -0.39 is 17.6 Å². The fourth-order valence-corrected chi connectivity index (χ4v) is 5.99. The first kappa shape index (κ1) is 29.5. The summed E-state index contributed by atoms with van der Waals surface area (Å²) in [5.41, 5.74) is 6.86. The monoisotopic (exact) mass is 599 g/mol. The number of hydrogen-bond acceptors (Lipinski definition) is 6. The van der Waals surface area contributed by atoms with Gasteiger partial charge in [-0.1, -0.05) is 73.9 Å². The van der Waals surface area contributed by atoms with Crippen LogP contribution in [0.25, 0.3) is 44.5 Å². The smallest absolute Gasteiger partial charge is 0.458 e. The van der Waals surface area contributed by atoms with Crippen molar-refractivity contribution in [1.29, 1.82) is 0 Å². The van der Waals surface area contributed by atoms with Crippen molar-refractivity contribution in [2.45, 2.75) is 44.8 Å². The zero-order valence-electron chi connectivity index (χ0n) is 24.0. The lowest BCUT2D eigenvalue weighted by molar-refractivity contribution is -0.203. The van der Waals surface area contributed by atoms with Crippen LogP contribution in [0.3, 0.4) is 0 Å². The Hall–Kier alpha value is -4.57. The van der Waals surface area contributed by atoms with Gasteiger partial charge in [0.15, 0.2) is 0 Å². The van der Waals surface area contributed by atoms with E-state index >= 15 is 0 Å². The summed E-state index contributed by atoms with van der Waals surface area (Å²) in [6.07, 6.45) is 4.61. The highest BCUT2D eigenvalue weighted by molar-refractivity contribution is 5.98. The number of esters is 1. The predicted octanol–water partition coefficient (Wildman–Crippen LogP) is 7.50. The van der Waals surface area contributed by atoms with E-state index in [1.165, 1.54) is 0 Å². The van der Waals surface area contributed by atoms with Crippen molar-refractivity contribution in [2.24, 2.45) is 5.41 Å². The summed E-state index contributed by atoms with van der Waals surface area (Å²) in [5, 5.41) is 11.3. The summed E-state index contributed by atoms with van der Waals surface area (Å²) < 4.78 is 42.9. The first-order valence-electron chi connectivity index (χ1n) is 14.7. The number of aromatic amines is 1. The highest BCUT2D eigenvalue weighted by atomic mass is 19.4. The molecule has 2 N–H and O–H groups in total. The summed E-state index contributed by atoms with van der Waals surface area (Å²) in [7, 11) is 0. The molecule has 1 aliphatic rings. The van der Waals surface area contributed by atoms with Gasteiger partial charge in [0.25, 0.3) is 0 Å². The number of H-pyrrole nitrogens is 1. The van der Waals surface area contributed by atoms with Gasteiger partial charge in [-0.3, -0.25) is 10.1 Å². The highest BCUT2D eigenvalue weighted by Gasteiger charge is 2.43. The van der Waals surface area contributed by atoms with E-state index in [1.807, 2.05) is 54.7 Å². The molecule has 0 amide bonds. The fraction of sp³-hybridized carbons (Fsp3) is 0.294. The number of nitrogens with zero attached hydrogens (tertiary/aromatic N) is 3. The summed E-state index contributed by atoms with van der Waals surface area (Å²) in [6.45, 7) is 0.772. The number of rotatable bonds is 9. The minimum atomic E-state index is -4.98. The number of alkyl halides is 3. The second kappa shape index (κ2) is 12.6. The van der Waals surface area contributed by atoms with Crippen molar-refractivity contribution < 1.29 is 22.7 Å². The molecule has 0 unspecified atom stereocenters. The minimum absolute atomic E-state index is 0.231. The van der Waals surface area contributed by atoms with E-state index in [9.17, 15) is 18.0 Å². The minimum Gasteiger partial charge on any atom is -0.458 e. The molecule has 2 aromatic carbocycles. The fourth-order valence-electron chi connectivity index (χ4n) is 5.99. The van der Waals surface area contributed by atoms with Gasteiger partial charge in [-0.25, -0.2) is 9.78 Å². The summed E-state index contributed by atoms with van der Waals surface area (Å²) in [5.74, 6) is -2.12. The largest absolute Gasteiger partial charge is 0.490 e. The van der Waals surface area contributed by atoms with Crippen LogP contribution in [-0.4, -0.2) is 45.5 Å². The molecule has 0 saturated heterocycles. The topological polar surface area (TPSA) is 92.8 Å². The zero-order valence-corrected chi connectivity index (χ0v) is 24.0. The lowest BCUT2D eigenvalue weighted by Crippen LogP contribution is -2.41. The van der Waals surface area contributed by atoms with Gasteiger partial charge >= 0.3 is 12.1 Å². The number of fused-ring (bicyclic) bond motifs is 1. The number of pyridine rings is 2. The Bertz CT molecular complexity index is 1720. The third kappa shape index (κ3) is 6.50. The van der Waals surface area contributed by atoms with Gasteiger partial charge in [0.1, 0.15) is 0 Å². The van der Waals surface area contributed by atoms with Crippen molar-refractivity contribution in [2.75, 3.05) is 13.2 Å². The SMILES string of the molecule is O=C(OCC1(CNCc2ccc(-c3nc4ccnc(-c5cn[nH]c5)c4cc3-c3ccccc3)cc2)CCCCC1)C(F)(F)F. The lowest BCUT2D eigenvalue weighted by atomic mass is 9.74. The Morgan fingerprint density at radius 2 is 1.70 bits per heavy atom. The summed E-state index contributed by atoms with van der Waals surface area (Å²) in [4.78, 5) is 21.1. The molecule has 1 aliphatic carbocycles. The first-order valence-corrected chi connectivity index (χ1v) is 14.7. The van der Waals surface area contributed by atoms with Crippen LogP contribution in [0.2, 0.25) is 0 Å². The molecule has 44 heavy (non-hydrogen) atoms. The molecule has 0 atom stereocenters. The van der Waals surface area contributed by atoms with Gasteiger partial charge in [0.05, 0.1) is 29.7 Å². The van der Waals surface area contributed by atoms with Gasteiger partial charge in [0.2, 0.25) is 0 Å². The van der Waals surface area contributed by atoms with Crippen molar-refractivity contribution in [1.82, 2.24) is 25.5 Å². The number of halogens is 3. The molecule has 3 heterocycles. The summed E-state index contributed by atoms with van der Waals surface area (Å²) in [6, 6.07) is 22.3. The van der Waals surface area contributed by atoms with E-state index in [2.05, 4.69) is 38.7 Å². The Morgan fingerprint density at radius 1 is 0.932 bits per heavy atom. The molecule has 0 spiro atoms. The number of aromatic nitrogens is 4. The molecular formula is C34H32F3N5O2. The standard InChI is InChI=1S/C34H32F3N5O2/c35-34(36,37)32(43)44-22-33(14-5-2-6-15-33)21-38-18-23-9-11-25(12-10-23)31-27(24-7-3-1-4-8-24)17-28-29(42-31)13-16-39-30(28)26-19-40-41-20-26/h1,3-4,7-13,16-17,19-20,38H,2,5-6,14-15,18,21-22H2,(H,40,41). The molecule has 1 fully saturated rings. The van der Waals surface area contributed by atoms with Crippen molar-refractivity contribution in [3.05, 3.63) is 90.9 Å². The van der Waals surface area contributed by atoms with E-state index in [4.69, 9.17) is 9.72 Å². The quantitative estimate of drug-likeness (QED) is 0.171. The Labute approximate surface area is 252 Å². The van der Waals surface area contributed by atoms with Crippen LogP contribution in [0.4, 0.5) is 13.2 Å². The number of carbonyl (C=O) groups excluding carboxylic acids is 1. The maximum Gasteiger partial charge on any atom is 0.490 e. The van der Waals surface area contributed by atoms with Crippen molar-refractivity contribution in [3.8, 4) is 33.6 Å². The van der Waals surface area contributed by atoms with E-state index in [1.54, 1.807) is 12.4 Å². The second-order valence-corrected chi connectivity index (χ2v) is 11.4. The third-order valence-electron chi connectivity index (χ3n) is 8.31. The van der Waals surface area contributed by atoms with Crippen LogP contribution in [-0.2, 0) is 16.1 Å². The molecule has 3 aromatic heterocycles. The maximum atomic E-state index is 12.7. The van der Waals surface area contributed by atoms with Crippen LogP contribution in [0.1, 0.15) is 37.7 Å². The molecule has 0 radical (unpaired) electrons. The number of hydrogen-bond donors (Lipinski definition) is 2. The van der Waals surface area contributed by atoms with Crippen LogP contribution >= 0.6 is 0 Å². The number of carbonyl (C=O) groups is 1. The molecule has 7 nitrogen and oxygen atoms in total. The van der Waals surface area contributed by atoms with Crippen molar-refractivity contribution >= 4 is 16.9 Å².